The van der Waals surface area contributed by atoms with Crippen LogP contribution >= 0.6 is 11.8 Å². The van der Waals surface area contributed by atoms with Gasteiger partial charge in [0.15, 0.2) is 0 Å². The summed E-state index contributed by atoms with van der Waals surface area (Å²) < 4.78 is 1.95. The van der Waals surface area contributed by atoms with Crippen LogP contribution in [0.1, 0.15) is 25.3 Å². The topological polar surface area (TPSA) is 62.6 Å². The number of anilines is 1. The highest BCUT2D eigenvalue weighted by Crippen LogP contribution is 2.36. The molecule has 33 heavy (non-hydrogen) atoms. The van der Waals surface area contributed by atoms with Gasteiger partial charge in [0.1, 0.15) is 6.54 Å². The van der Waals surface area contributed by atoms with E-state index in [0.29, 0.717) is 16.5 Å². The van der Waals surface area contributed by atoms with Gasteiger partial charge in [-0.25, -0.2) is 4.90 Å². The minimum Gasteiger partial charge on any atom is -0.341 e. The highest BCUT2D eigenvalue weighted by atomic mass is 32.2. The van der Waals surface area contributed by atoms with Gasteiger partial charge in [-0.15, -0.1) is 0 Å². The molecule has 2 aliphatic heterocycles. The zero-order valence-electron chi connectivity index (χ0n) is 18.4. The molecule has 0 saturated carbocycles. The van der Waals surface area contributed by atoms with Crippen molar-refractivity contribution < 1.29 is 14.4 Å². The molecule has 2 aromatic carbocycles. The standard InChI is InChI=1S/C26H25N3O3S/c1-18-11-13-27(14-12-18)24(30)17-28-16-19(21-9-5-6-10-22(21)28)15-23-25(31)29(26(32)33-23)20-7-3-2-4-8-20/h2-10,15-16,18H,11-14,17H2,1H3/b23-15-. The maximum atomic E-state index is 13.0. The molecule has 168 valence electrons. The van der Waals surface area contributed by atoms with Crippen molar-refractivity contribution in [3.05, 3.63) is 71.3 Å². The first-order chi connectivity index (χ1) is 16.0. The molecule has 3 amide bonds. The SMILES string of the molecule is CC1CCN(C(=O)Cn2cc(/C=C3\SC(=O)N(c4ccccc4)C3=O)c3ccccc32)CC1. The monoisotopic (exact) mass is 459 g/mol. The maximum absolute atomic E-state index is 13.0. The van der Waals surface area contributed by atoms with E-state index in [4.69, 9.17) is 0 Å². The molecule has 0 bridgehead atoms. The number of piperidine rings is 1. The first-order valence-corrected chi connectivity index (χ1v) is 12.0. The minimum absolute atomic E-state index is 0.110. The Morgan fingerprint density at radius 3 is 2.48 bits per heavy atom. The first-order valence-electron chi connectivity index (χ1n) is 11.2. The largest absolute Gasteiger partial charge is 0.341 e. The number of carbonyl (C=O) groups is 3. The molecule has 0 N–H and O–H groups in total. The van der Waals surface area contributed by atoms with E-state index in [0.717, 1.165) is 54.2 Å². The summed E-state index contributed by atoms with van der Waals surface area (Å²) in [6.45, 7) is 4.10. The molecule has 0 radical (unpaired) electrons. The van der Waals surface area contributed by atoms with Crippen molar-refractivity contribution in [2.75, 3.05) is 18.0 Å². The Morgan fingerprint density at radius 1 is 1.03 bits per heavy atom. The van der Waals surface area contributed by atoms with Gasteiger partial charge in [-0.1, -0.05) is 43.3 Å². The molecular formula is C26H25N3O3S. The molecule has 2 aliphatic rings. The number of amides is 3. The molecule has 2 fully saturated rings. The van der Waals surface area contributed by atoms with Crippen LogP contribution in [0.5, 0.6) is 0 Å². The fraction of sp³-hybridized carbons (Fsp3) is 0.269. The third-order valence-electron chi connectivity index (χ3n) is 6.36. The number of fused-ring (bicyclic) bond motifs is 1. The van der Waals surface area contributed by atoms with E-state index in [9.17, 15) is 14.4 Å². The van der Waals surface area contributed by atoms with Crippen molar-refractivity contribution >= 4 is 51.5 Å². The Hall–Kier alpha value is -3.32. The summed E-state index contributed by atoms with van der Waals surface area (Å²) in [4.78, 5) is 42.1. The molecule has 6 nitrogen and oxygen atoms in total. The number of benzene rings is 2. The summed E-state index contributed by atoms with van der Waals surface area (Å²) in [6, 6.07) is 16.8. The summed E-state index contributed by atoms with van der Waals surface area (Å²) >= 11 is 0.940. The van der Waals surface area contributed by atoms with Crippen LogP contribution in [0.2, 0.25) is 0 Å². The van der Waals surface area contributed by atoms with Gasteiger partial charge in [0.2, 0.25) is 5.91 Å². The lowest BCUT2D eigenvalue weighted by atomic mass is 9.99. The van der Waals surface area contributed by atoms with Crippen molar-refractivity contribution in [3.63, 3.8) is 0 Å². The van der Waals surface area contributed by atoms with Crippen LogP contribution < -0.4 is 4.90 Å². The third kappa shape index (κ3) is 4.20. The quantitative estimate of drug-likeness (QED) is 0.507. The van der Waals surface area contributed by atoms with Crippen molar-refractivity contribution in [3.8, 4) is 0 Å². The summed E-state index contributed by atoms with van der Waals surface area (Å²) in [5.41, 5.74) is 2.32. The maximum Gasteiger partial charge on any atom is 0.298 e. The molecule has 3 heterocycles. The molecule has 1 aromatic heterocycles. The molecule has 3 aromatic rings. The van der Waals surface area contributed by atoms with Crippen molar-refractivity contribution in [1.82, 2.24) is 9.47 Å². The van der Waals surface area contributed by atoms with Gasteiger partial charge in [-0.05, 0) is 54.8 Å². The second-order valence-corrected chi connectivity index (χ2v) is 9.64. The molecular weight excluding hydrogens is 434 g/mol. The van der Waals surface area contributed by atoms with Gasteiger partial charge >= 0.3 is 0 Å². The molecule has 7 heteroatoms. The molecule has 5 rings (SSSR count). The average Bonchev–Trinajstić information content (AvgIpc) is 3.31. The van der Waals surface area contributed by atoms with Crippen LogP contribution in [0.4, 0.5) is 10.5 Å². The van der Waals surface area contributed by atoms with E-state index < -0.39 is 0 Å². The summed E-state index contributed by atoms with van der Waals surface area (Å²) in [7, 11) is 0. The Kier molecular flexibility index (Phi) is 5.81. The molecule has 0 atom stereocenters. The Balaban J connectivity index is 1.44. The minimum atomic E-state index is -0.327. The normalized spacial score (nSPS) is 18.6. The summed E-state index contributed by atoms with van der Waals surface area (Å²) in [6.07, 6.45) is 5.76. The predicted molar refractivity (Wildman–Crippen MR) is 132 cm³/mol. The number of rotatable bonds is 4. The Labute approximate surface area is 196 Å². The van der Waals surface area contributed by atoms with E-state index in [-0.39, 0.29) is 23.6 Å². The number of carbonyl (C=O) groups excluding carboxylic acids is 3. The lowest BCUT2D eigenvalue weighted by Crippen LogP contribution is -2.39. The van der Waals surface area contributed by atoms with Crippen molar-refractivity contribution in [2.24, 2.45) is 5.92 Å². The highest BCUT2D eigenvalue weighted by Gasteiger charge is 2.36. The van der Waals surface area contributed by atoms with E-state index in [1.165, 1.54) is 4.90 Å². The number of nitrogens with zero attached hydrogens (tertiary/aromatic N) is 3. The number of hydrogen-bond donors (Lipinski definition) is 0. The lowest BCUT2D eigenvalue weighted by Gasteiger charge is -2.30. The van der Waals surface area contributed by atoms with Crippen LogP contribution in [-0.4, -0.2) is 39.6 Å². The predicted octanol–water partition coefficient (Wildman–Crippen LogP) is 5.14. The Morgan fingerprint density at radius 2 is 1.73 bits per heavy atom. The van der Waals surface area contributed by atoms with Gasteiger partial charge in [-0.3, -0.25) is 14.4 Å². The second-order valence-electron chi connectivity index (χ2n) is 8.65. The average molecular weight is 460 g/mol. The summed E-state index contributed by atoms with van der Waals surface area (Å²) in [5.74, 6) is 0.449. The van der Waals surface area contributed by atoms with Crippen molar-refractivity contribution in [1.29, 1.82) is 0 Å². The number of para-hydroxylation sites is 2. The Bertz CT molecular complexity index is 1260. The van der Waals surface area contributed by atoms with E-state index in [1.54, 1.807) is 30.3 Å². The fourth-order valence-corrected chi connectivity index (χ4v) is 5.27. The van der Waals surface area contributed by atoms with E-state index in [1.807, 2.05) is 46.0 Å². The van der Waals surface area contributed by atoms with Gasteiger partial charge in [0.05, 0.1) is 10.6 Å². The molecule has 0 aliphatic carbocycles. The summed E-state index contributed by atoms with van der Waals surface area (Å²) in [5, 5.41) is 0.639. The zero-order chi connectivity index (χ0) is 22.9. The van der Waals surface area contributed by atoms with Crippen LogP contribution in [0.25, 0.3) is 17.0 Å². The van der Waals surface area contributed by atoms with Gasteiger partial charge < -0.3 is 9.47 Å². The third-order valence-corrected chi connectivity index (χ3v) is 7.23. The molecule has 0 spiro atoms. The zero-order valence-corrected chi connectivity index (χ0v) is 19.3. The van der Waals surface area contributed by atoms with Crippen LogP contribution in [0.3, 0.4) is 0 Å². The van der Waals surface area contributed by atoms with Crippen LogP contribution in [0, 0.1) is 5.92 Å². The number of imide groups is 1. The van der Waals surface area contributed by atoms with Gasteiger partial charge in [0.25, 0.3) is 11.1 Å². The smallest absolute Gasteiger partial charge is 0.298 e. The fourth-order valence-electron chi connectivity index (χ4n) is 4.43. The van der Waals surface area contributed by atoms with Crippen LogP contribution in [-0.2, 0) is 16.1 Å². The van der Waals surface area contributed by atoms with E-state index in [2.05, 4.69) is 6.92 Å². The number of thioether (sulfide) groups is 1. The van der Waals surface area contributed by atoms with Gasteiger partial charge in [-0.2, -0.15) is 0 Å². The first kappa shape index (κ1) is 21.5. The number of aromatic nitrogens is 1. The van der Waals surface area contributed by atoms with Crippen molar-refractivity contribution in [2.45, 2.75) is 26.3 Å². The second kappa shape index (κ2) is 8.90. The number of hydrogen-bond acceptors (Lipinski definition) is 4. The van der Waals surface area contributed by atoms with Crippen LogP contribution in [0.15, 0.2) is 65.7 Å². The molecule has 2 saturated heterocycles. The highest BCUT2D eigenvalue weighted by molar-refractivity contribution is 8.19. The number of likely N-dealkylation sites (tertiary alicyclic amines) is 1. The van der Waals surface area contributed by atoms with Gasteiger partial charge in [0, 0.05) is 35.8 Å². The molecule has 0 unspecified atom stereocenters. The van der Waals surface area contributed by atoms with E-state index >= 15 is 0 Å². The lowest BCUT2D eigenvalue weighted by molar-refractivity contribution is -0.133.